The van der Waals surface area contributed by atoms with Crippen LogP contribution in [0.4, 0.5) is 0 Å². The molecule has 0 aliphatic rings. The van der Waals surface area contributed by atoms with E-state index in [4.69, 9.17) is 18.0 Å². The van der Waals surface area contributed by atoms with Crippen LogP contribution in [0.3, 0.4) is 0 Å². The van der Waals surface area contributed by atoms with Gasteiger partial charge in [0.2, 0.25) is 0 Å². The van der Waals surface area contributed by atoms with Gasteiger partial charge >= 0.3 is 0 Å². The molecule has 0 atom stereocenters. The summed E-state index contributed by atoms with van der Waals surface area (Å²) < 4.78 is 27.9. The van der Waals surface area contributed by atoms with Crippen LogP contribution in [-0.4, -0.2) is 29.5 Å². The minimum atomic E-state index is -3.50. The van der Waals surface area contributed by atoms with Crippen LogP contribution < -0.4 is 10.5 Å². The van der Waals surface area contributed by atoms with E-state index >= 15 is 0 Å². The van der Waals surface area contributed by atoms with Crippen LogP contribution in [-0.2, 0) is 16.6 Å². The van der Waals surface area contributed by atoms with E-state index < -0.39 is 10.0 Å². The lowest BCUT2D eigenvalue weighted by Crippen LogP contribution is -2.25. The van der Waals surface area contributed by atoms with Crippen molar-refractivity contribution in [2.24, 2.45) is 5.73 Å². The number of sulfonamides is 1. The number of aromatic nitrogens is 2. The molecule has 0 saturated carbocycles. The standard InChI is InChI=1S/C10H18N4O2S2/c1-2-14-7-10(12-8-14)18(15,16)13-6-4-3-5-9(11)17/h7-8,13H,2-6H2,1H3,(H2,11,17). The normalized spacial score (nSPS) is 11.6. The second-order valence-corrected chi connectivity index (χ2v) is 6.10. The highest BCUT2D eigenvalue weighted by Gasteiger charge is 2.16. The summed E-state index contributed by atoms with van der Waals surface area (Å²) >= 11 is 4.74. The summed E-state index contributed by atoms with van der Waals surface area (Å²) in [6, 6.07) is 0. The smallest absolute Gasteiger partial charge is 0.259 e. The van der Waals surface area contributed by atoms with Gasteiger partial charge in [0, 0.05) is 19.3 Å². The van der Waals surface area contributed by atoms with Gasteiger partial charge in [-0.2, -0.15) is 0 Å². The first kappa shape index (κ1) is 15.1. The number of nitrogens with one attached hydrogen (secondary N) is 1. The zero-order valence-corrected chi connectivity index (χ0v) is 11.9. The number of thiocarbonyl (C=S) groups is 1. The molecule has 0 fully saturated rings. The summed E-state index contributed by atoms with van der Waals surface area (Å²) in [6.45, 7) is 2.97. The Kier molecular flexibility index (Phi) is 5.70. The highest BCUT2D eigenvalue weighted by atomic mass is 32.2. The Hall–Kier alpha value is -0.990. The van der Waals surface area contributed by atoms with Crippen molar-refractivity contribution in [3.05, 3.63) is 12.5 Å². The minimum Gasteiger partial charge on any atom is -0.393 e. The van der Waals surface area contributed by atoms with Crippen LogP contribution in [0.25, 0.3) is 0 Å². The third-order valence-corrected chi connectivity index (χ3v) is 3.94. The zero-order chi connectivity index (χ0) is 13.6. The summed E-state index contributed by atoms with van der Waals surface area (Å²) in [7, 11) is -3.50. The molecule has 0 amide bonds. The Morgan fingerprint density at radius 3 is 2.83 bits per heavy atom. The van der Waals surface area contributed by atoms with Crippen LogP contribution in [0.2, 0.25) is 0 Å². The second-order valence-electron chi connectivity index (χ2n) is 3.86. The quantitative estimate of drug-likeness (QED) is 0.541. The third-order valence-electron chi connectivity index (χ3n) is 2.39. The van der Waals surface area contributed by atoms with Crippen molar-refractivity contribution in [3.63, 3.8) is 0 Å². The third kappa shape index (κ3) is 4.71. The van der Waals surface area contributed by atoms with Crippen molar-refractivity contribution in [2.45, 2.75) is 37.8 Å². The molecule has 0 aromatic carbocycles. The number of imidazole rings is 1. The van der Waals surface area contributed by atoms with E-state index in [1.54, 1.807) is 4.57 Å². The average molecular weight is 290 g/mol. The van der Waals surface area contributed by atoms with Gasteiger partial charge in [-0.15, -0.1) is 0 Å². The number of unbranched alkanes of at least 4 members (excludes halogenated alkanes) is 1. The summed E-state index contributed by atoms with van der Waals surface area (Å²) in [6.07, 6.45) is 5.13. The first-order valence-electron chi connectivity index (χ1n) is 5.75. The molecule has 6 nitrogen and oxygen atoms in total. The van der Waals surface area contributed by atoms with E-state index in [1.807, 2.05) is 6.92 Å². The van der Waals surface area contributed by atoms with Gasteiger partial charge in [0.1, 0.15) is 0 Å². The van der Waals surface area contributed by atoms with Crippen LogP contribution in [0, 0.1) is 0 Å². The van der Waals surface area contributed by atoms with Crippen molar-refractivity contribution >= 4 is 27.2 Å². The number of hydrogen-bond acceptors (Lipinski definition) is 4. The molecule has 0 unspecified atom stereocenters. The van der Waals surface area contributed by atoms with Crippen molar-refractivity contribution in [1.29, 1.82) is 0 Å². The molecular weight excluding hydrogens is 272 g/mol. The maximum absolute atomic E-state index is 11.8. The fourth-order valence-electron chi connectivity index (χ4n) is 1.36. The molecule has 8 heteroatoms. The summed E-state index contributed by atoms with van der Waals surface area (Å²) in [5, 5.41) is 0.0543. The lowest BCUT2D eigenvalue weighted by atomic mass is 10.2. The monoisotopic (exact) mass is 290 g/mol. The fourth-order valence-corrected chi connectivity index (χ4v) is 2.52. The molecule has 1 aromatic rings. The molecule has 3 N–H and O–H groups in total. The molecule has 0 aliphatic carbocycles. The maximum Gasteiger partial charge on any atom is 0.259 e. The maximum atomic E-state index is 11.8. The van der Waals surface area contributed by atoms with E-state index in [-0.39, 0.29) is 5.03 Å². The summed E-state index contributed by atoms with van der Waals surface area (Å²) in [5.74, 6) is 0. The first-order valence-corrected chi connectivity index (χ1v) is 7.64. The molecule has 0 radical (unpaired) electrons. The topological polar surface area (TPSA) is 90.0 Å². The van der Waals surface area contributed by atoms with Gasteiger partial charge < -0.3 is 10.3 Å². The highest BCUT2D eigenvalue weighted by Crippen LogP contribution is 2.05. The molecule has 102 valence electrons. The molecule has 0 bridgehead atoms. The minimum absolute atomic E-state index is 0.0543. The molecule has 1 rings (SSSR count). The van der Waals surface area contributed by atoms with E-state index in [0.717, 1.165) is 6.42 Å². The van der Waals surface area contributed by atoms with E-state index in [0.29, 0.717) is 30.9 Å². The van der Waals surface area contributed by atoms with Crippen molar-refractivity contribution in [2.75, 3.05) is 6.54 Å². The van der Waals surface area contributed by atoms with Crippen LogP contribution in [0.15, 0.2) is 17.6 Å². The number of nitrogens with zero attached hydrogens (tertiary/aromatic N) is 2. The van der Waals surface area contributed by atoms with Gasteiger partial charge in [0.05, 0.1) is 11.3 Å². The van der Waals surface area contributed by atoms with Gasteiger partial charge in [-0.25, -0.2) is 18.1 Å². The molecule has 1 heterocycles. The average Bonchev–Trinajstić information content (AvgIpc) is 2.77. The number of rotatable bonds is 8. The Balaban J connectivity index is 2.42. The van der Waals surface area contributed by atoms with Gasteiger partial charge in [-0.3, -0.25) is 0 Å². The highest BCUT2D eigenvalue weighted by molar-refractivity contribution is 7.89. The lowest BCUT2D eigenvalue weighted by molar-refractivity contribution is 0.574. The van der Waals surface area contributed by atoms with Gasteiger partial charge in [-0.1, -0.05) is 12.2 Å². The molecule has 18 heavy (non-hydrogen) atoms. The number of nitrogens with two attached hydrogens (primary N) is 1. The molecule has 1 aromatic heterocycles. The predicted molar refractivity (Wildman–Crippen MR) is 73.7 cm³/mol. The van der Waals surface area contributed by atoms with E-state index in [2.05, 4.69) is 9.71 Å². The SMILES string of the molecule is CCn1cnc(S(=O)(=O)NCCCCC(N)=S)c1. The van der Waals surface area contributed by atoms with E-state index in [1.165, 1.54) is 12.5 Å². The molecule has 0 spiro atoms. The summed E-state index contributed by atoms with van der Waals surface area (Å²) in [5.41, 5.74) is 5.35. The predicted octanol–water partition coefficient (Wildman–Crippen LogP) is 0.638. The van der Waals surface area contributed by atoms with Crippen molar-refractivity contribution in [1.82, 2.24) is 14.3 Å². The zero-order valence-electron chi connectivity index (χ0n) is 10.3. The van der Waals surface area contributed by atoms with Gasteiger partial charge in [-0.05, 0) is 26.2 Å². The van der Waals surface area contributed by atoms with Crippen molar-refractivity contribution < 1.29 is 8.42 Å². The van der Waals surface area contributed by atoms with Crippen LogP contribution in [0.1, 0.15) is 26.2 Å². The molecular formula is C10H18N4O2S2. The molecule has 0 aliphatic heterocycles. The molecule has 0 saturated heterocycles. The second kappa shape index (κ2) is 6.81. The Morgan fingerprint density at radius 1 is 1.56 bits per heavy atom. The van der Waals surface area contributed by atoms with Gasteiger partial charge in [0.15, 0.2) is 5.03 Å². The Bertz CT molecular complexity index is 496. The first-order chi connectivity index (χ1) is 8.45. The Labute approximate surface area is 113 Å². The van der Waals surface area contributed by atoms with Gasteiger partial charge in [0.25, 0.3) is 10.0 Å². The van der Waals surface area contributed by atoms with E-state index in [9.17, 15) is 8.42 Å². The number of hydrogen-bond donors (Lipinski definition) is 2. The fraction of sp³-hybridized carbons (Fsp3) is 0.600. The van der Waals surface area contributed by atoms with Crippen molar-refractivity contribution in [3.8, 4) is 0 Å². The van der Waals surface area contributed by atoms with Crippen LogP contribution >= 0.6 is 12.2 Å². The largest absolute Gasteiger partial charge is 0.393 e. The Morgan fingerprint density at radius 2 is 2.28 bits per heavy atom. The number of aryl methyl sites for hydroxylation is 1. The lowest BCUT2D eigenvalue weighted by Gasteiger charge is -2.03. The van der Waals surface area contributed by atoms with Crippen LogP contribution in [0.5, 0.6) is 0 Å². The summed E-state index contributed by atoms with van der Waals surface area (Å²) in [4.78, 5) is 4.32.